The zero-order valence-electron chi connectivity index (χ0n) is 12.6. The van der Waals surface area contributed by atoms with Crippen molar-refractivity contribution in [3.8, 4) is 0 Å². The van der Waals surface area contributed by atoms with E-state index in [4.69, 9.17) is 0 Å². The fourth-order valence-electron chi connectivity index (χ4n) is 2.94. The minimum atomic E-state index is 0.528. The van der Waals surface area contributed by atoms with Gasteiger partial charge in [0.25, 0.3) is 0 Å². The first-order chi connectivity index (χ1) is 10.2. The number of anilines is 1. The maximum absolute atomic E-state index is 4.33. The van der Waals surface area contributed by atoms with Crippen LogP contribution in [0.4, 0.5) is 5.82 Å². The van der Waals surface area contributed by atoms with Gasteiger partial charge in [0.1, 0.15) is 0 Å². The Morgan fingerprint density at radius 1 is 1.48 bits per heavy atom. The average molecular weight is 303 g/mol. The molecule has 0 aliphatic carbocycles. The zero-order valence-corrected chi connectivity index (χ0v) is 13.4. The summed E-state index contributed by atoms with van der Waals surface area (Å²) in [4.78, 5) is 10.4. The van der Waals surface area contributed by atoms with Crippen LogP contribution in [-0.2, 0) is 6.54 Å². The summed E-state index contributed by atoms with van der Waals surface area (Å²) in [6.45, 7) is 5.15. The van der Waals surface area contributed by atoms with Crippen LogP contribution in [-0.4, -0.2) is 46.3 Å². The van der Waals surface area contributed by atoms with Crippen molar-refractivity contribution in [1.29, 1.82) is 0 Å². The van der Waals surface area contributed by atoms with Gasteiger partial charge in [-0.25, -0.2) is 4.98 Å². The maximum atomic E-state index is 4.33. The summed E-state index contributed by atoms with van der Waals surface area (Å²) in [6.07, 6.45) is 6.18. The first kappa shape index (κ1) is 14.4. The third-order valence-corrected chi connectivity index (χ3v) is 4.74. The molecule has 1 atom stereocenters. The molecule has 3 rings (SSSR count). The van der Waals surface area contributed by atoms with E-state index < -0.39 is 0 Å². The van der Waals surface area contributed by atoms with Crippen LogP contribution in [0, 0.1) is 6.92 Å². The van der Waals surface area contributed by atoms with E-state index in [1.807, 2.05) is 12.3 Å². The van der Waals surface area contributed by atoms with E-state index in [1.165, 1.54) is 17.7 Å². The fourth-order valence-corrected chi connectivity index (χ4v) is 3.82. The number of hydrogen-bond acceptors (Lipinski definition) is 6. The van der Waals surface area contributed by atoms with Gasteiger partial charge in [-0.05, 0) is 38.9 Å². The van der Waals surface area contributed by atoms with Crippen LogP contribution in [0.25, 0.3) is 0 Å². The number of aryl methyl sites for hydroxylation is 1. The normalized spacial score (nSPS) is 18.6. The Hall–Kier alpha value is -1.53. The predicted octanol–water partition coefficient (Wildman–Crippen LogP) is 2.34. The van der Waals surface area contributed by atoms with Crippen molar-refractivity contribution in [2.75, 3.05) is 25.0 Å². The number of rotatable bonds is 5. The molecule has 21 heavy (non-hydrogen) atoms. The van der Waals surface area contributed by atoms with E-state index >= 15 is 0 Å². The van der Waals surface area contributed by atoms with Crippen molar-refractivity contribution in [1.82, 2.24) is 20.1 Å². The second-order valence-corrected chi connectivity index (χ2v) is 6.93. The summed E-state index contributed by atoms with van der Waals surface area (Å²) < 4.78 is 0. The van der Waals surface area contributed by atoms with Crippen molar-refractivity contribution in [2.24, 2.45) is 0 Å². The summed E-state index contributed by atoms with van der Waals surface area (Å²) in [6, 6.07) is 4.54. The Morgan fingerprint density at radius 3 is 3.10 bits per heavy atom. The van der Waals surface area contributed by atoms with E-state index in [0.717, 1.165) is 30.5 Å². The van der Waals surface area contributed by atoms with E-state index in [9.17, 15) is 0 Å². The highest BCUT2D eigenvalue weighted by molar-refractivity contribution is 7.11. The van der Waals surface area contributed by atoms with E-state index in [1.54, 1.807) is 17.5 Å². The summed E-state index contributed by atoms with van der Waals surface area (Å²) in [7, 11) is 2.18. The lowest BCUT2D eigenvalue weighted by atomic mass is 10.2. The highest BCUT2D eigenvalue weighted by Crippen LogP contribution is 2.24. The molecule has 0 unspecified atom stereocenters. The Kier molecular flexibility index (Phi) is 4.45. The predicted molar refractivity (Wildman–Crippen MR) is 85.6 cm³/mol. The highest BCUT2D eigenvalue weighted by Gasteiger charge is 2.26. The second kappa shape index (κ2) is 6.49. The van der Waals surface area contributed by atoms with Gasteiger partial charge < -0.3 is 4.90 Å². The Labute approximate surface area is 129 Å². The third-order valence-electron chi connectivity index (χ3n) is 3.85. The van der Waals surface area contributed by atoms with Gasteiger partial charge in [-0.15, -0.1) is 16.4 Å². The molecular formula is C15H21N5S. The van der Waals surface area contributed by atoms with Crippen LogP contribution in [0.1, 0.15) is 22.7 Å². The van der Waals surface area contributed by atoms with Gasteiger partial charge in [-0.3, -0.25) is 4.90 Å². The van der Waals surface area contributed by atoms with Gasteiger partial charge in [0, 0.05) is 42.9 Å². The van der Waals surface area contributed by atoms with Crippen LogP contribution in [0.15, 0.2) is 24.5 Å². The summed E-state index contributed by atoms with van der Waals surface area (Å²) in [5.41, 5.74) is 0. The van der Waals surface area contributed by atoms with Gasteiger partial charge in [0.2, 0.25) is 0 Å². The molecular weight excluding hydrogens is 282 g/mol. The highest BCUT2D eigenvalue weighted by atomic mass is 32.1. The molecule has 1 aliphatic rings. The molecule has 2 aromatic heterocycles. The van der Waals surface area contributed by atoms with Crippen LogP contribution in [0.5, 0.6) is 0 Å². The number of hydrogen-bond donors (Lipinski definition) is 0. The minimum absolute atomic E-state index is 0.528. The molecule has 1 fully saturated rings. The van der Waals surface area contributed by atoms with Gasteiger partial charge in [0.15, 0.2) is 5.82 Å². The topological polar surface area (TPSA) is 45.2 Å². The maximum Gasteiger partial charge on any atom is 0.151 e. The fraction of sp³-hybridized carbons (Fsp3) is 0.533. The second-order valence-electron chi connectivity index (χ2n) is 5.61. The molecule has 0 radical (unpaired) electrons. The molecule has 6 heteroatoms. The zero-order chi connectivity index (χ0) is 14.7. The lowest BCUT2D eigenvalue weighted by Crippen LogP contribution is -2.39. The largest absolute Gasteiger partial charge is 0.351 e. The van der Waals surface area contributed by atoms with Crippen LogP contribution >= 0.6 is 11.3 Å². The van der Waals surface area contributed by atoms with E-state index in [2.05, 4.69) is 45.0 Å². The summed E-state index contributed by atoms with van der Waals surface area (Å²) in [5.74, 6) is 1.00. The van der Waals surface area contributed by atoms with Gasteiger partial charge in [0.05, 0.1) is 5.01 Å². The monoisotopic (exact) mass is 303 g/mol. The smallest absolute Gasteiger partial charge is 0.151 e. The molecule has 0 saturated carbocycles. The lowest BCUT2D eigenvalue weighted by molar-refractivity contribution is 0.305. The van der Waals surface area contributed by atoms with Crippen molar-refractivity contribution in [3.05, 3.63) is 34.4 Å². The van der Waals surface area contributed by atoms with Crippen LogP contribution < -0.4 is 4.90 Å². The molecule has 1 aliphatic heterocycles. The van der Waals surface area contributed by atoms with Crippen molar-refractivity contribution >= 4 is 17.2 Å². The van der Waals surface area contributed by atoms with E-state index in [0.29, 0.717) is 6.04 Å². The molecule has 0 N–H and O–H groups in total. The van der Waals surface area contributed by atoms with Gasteiger partial charge in [-0.2, -0.15) is 5.10 Å². The SMILES string of the molecule is Cc1ncc(CN(C)C[C@H]2CCCN2c2cccnn2)s1. The molecule has 5 nitrogen and oxygen atoms in total. The van der Waals surface area contributed by atoms with Crippen LogP contribution in [0.2, 0.25) is 0 Å². The molecule has 1 saturated heterocycles. The molecule has 0 aromatic carbocycles. The summed E-state index contributed by atoms with van der Waals surface area (Å²) in [5, 5.41) is 9.40. The number of aromatic nitrogens is 3. The van der Waals surface area contributed by atoms with Gasteiger partial charge in [-0.1, -0.05) is 0 Å². The van der Waals surface area contributed by atoms with Crippen molar-refractivity contribution in [2.45, 2.75) is 32.4 Å². The molecule has 112 valence electrons. The molecule has 0 spiro atoms. The Balaban J connectivity index is 1.61. The molecule has 0 bridgehead atoms. The minimum Gasteiger partial charge on any atom is -0.351 e. The molecule has 2 aromatic rings. The average Bonchev–Trinajstić information content (AvgIpc) is 3.09. The molecule has 0 amide bonds. The number of likely N-dealkylation sites (N-methyl/N-ethyl adjacent to an activating group) is 1. The van der Waals surface area contributed by atoms with Crippen LogP contribution in [0.3, 0.4) is 0 Å². The Bertz CT molecular complexity index is 570. The first-order valence-corrected chi connectivity index (χ1v) is 8.18. The quantitative estimate of drug-likeness (QED) is 0.848. The standard InChI is InChI=1S/C15H21N5S/c1-12-16-9-14(21-12)11-19(2)10-13-5-4-8-20(13)15-6-3-7-17-18-15/h3,6-7,9,13H,4-5,8,10-11H2,1-2H3/t13-/m1/s1. The van der Waals surface area contributed by atoms with Crippen molar-refractivity contribution < 1.29 is 0 Å². The summed E-state index contributed by atoms with van der Waals surface area (Å²) >= 11 is 1.78. The number of nitrogens with zero attached hydrogens (tertiary/aromatic N) is 5. The first-order valence-electron chi connectivity index (χ1n) is 7.36. The van der Waals surface area contributed by atoms with E-state index in [-0.39, 0.29) is 0 Å². The third kappa shape index (κ3) is 3.57. The lowest BCUT2D eigenvalue weighted by Gasteiger charge is -2.28. The van der Waals surface area contributed by atoms with Gasteiger partial charge >= 0.3 is 0 Å². The number of thiazole rings is 1. The molecule has 3 heterocycles. The van der Waals surface area contributed by atoms with Crippen molar-refractivity contribution in [3.63, 3.8) is 0 Å². The Morgan fingerprint density at radius 2 is 2.38 bits per heavy atom.